The first kappa shape index (κ1) is 13.2. The third-order valence-electron chi connectivity index (χ3n) is 2.40. The number of aliphatic carboxylic acids is 1. The van der Waals surface area contributed by atoms with Gasteiger partial charge in [-0.3, -0.25) is 4.79 Å². The van der Waals surface area contributed by atoms with E-state index in [1.165, 1.54) is 7.11 Å². The molecule has 0 saturated heterocycles. The standard InChI is InChI=1S/C11H17N3O3/c1-4-8(11(15)16)6-12-9-5-10(17-3)14-7(2)13-9/h5,8H,4,6H2,1-3H3,(H,15,16)(H,12,13,14). The van der Waals surface area contributed by atoms with Crippen molar-refractivity contribution in [3.63, 3.8) is 0 Å². The van der Waals surface area contributed by atoms with Crippen LogP contribution in [0.5, 0.6) is 5.88 Å². The fraction of sp³-hybridized carbons (Fsp3) is 0.545. The molecule has 2 N–H and O–H groups in total. The Labute approximate surface area is 100 Å². The molecule has 6 nitrogen and oxygen atoms in total. The average Bonchev–Trinajstić information content (AvgIpc) is 2.28. The largest absolute Gasteiger partial charge is 0.481 e. The number of nitrogens with zero attached hydrogens (tertiary/aromatic N) is 2. The number of aromatic nitrogens is 2. The van der Waals surface area contributed by atoms with Gasteiger partial charge in [0.1, 0.15) is 11.6 Å². The van der Waals surface area contributed by atoms with Crippen LogP contribution in [0.25, 0.3) is 0 Å². The Morgan fingerprint density at radius 1 is 1.59 bits per heavy atom. The number of carboxylic acid groups (broad SMARTS) is 1. The molecule has 1 heterocycles. The summed E-state index contributed by atoms with van der Waals surface area (Å²) in [4.78, 5) is 19.0. The minimum Gasteiger partial charge on any atom is -0.481 e. The van der Waals surface area contributed by atoms with Crippen molar-refractivity contribution in [2.24, 2.45) is 5.92 Å². The van der Waals surface area contributed by atoms with Crippen molar-refractivity contribution in [2.75, 3.05) is 19.0 Å². The summed E-state index contributed by atoms with van der Waals surface area (Å²) in [6.07, 6.45) is 0.573. The maximum Gasteiger partial charge on any atom is 0.308 e. The molecular formula is C11H17N3O3. The van der Waals surface area contributed by atoms with Gasteiger partial charge in [-0.2, -0.15) is 4.98 Å². The van der Waals surface area contributed by atoms with Crippen LogP contribution in [-0.2, 0) is 4.79 Å². The number of ether oxygens (including phenoxy) is 1. The molecule has 0 aliphatic heterocycles. The first-order valence-corrected chi connectivity index (χ1v) is 5.43. The number of carbonyl (C=O) groups is 1. The van der Waals surface area contributed by atoms with Crippen LogP contribution in [0, 0.1) is 12.8 Å². The smallest absolute Gasteiger partial charge is 0.308 e. The summed E-state index contributed by atoms with van der Waals surface area (Å²) >= 11 is 0. The number of carboxylic acids is 1. The van der Waals surface area contributed by atoms with Crippen molar-refractivity contribution in [1.82, 2.24) is 9.97 Å². The van der Waals surface area contributed by atoms with Gasteiger partial charge in [0.05, 0.1) is 13.0 Å². The van der Waals surface area contributed by atoms with Gasteiger partial charge in [-0.1, -0.05) is 6.92 Å². The van der Waals surface area contributed by atoms with Crippen LogP contribution in [-0.4, -0.2) is 34.7 Å². The fourth-order valence-corrected chi connectivity index (χ4v) is 1.37. The van der Waals surface area contributed by atoms with Gasteiger partial charge in [-0.15, -0.1) is 0 Å². The molecule has 17 heavy (non-hydrogen) atoms. The number of anilines is 1. The van der Waals surface area contributed by atoms with E-state index in [9.17, 15) is 4.79 Å². The van der Waals surface area contributed by atoms with Crippen LogP contribution in [0.1, 0.15) is 19.2 Å². The Bertz CT molecular complexity index is 396. The topological polar surface area (TPSA) is 84.3 Å². The zero-order chi connectivity index (χ0) is 12.8. The predicted molar refractivity (Wildman–Crippen MR) is 63.2 cm³/mol. The van der Waals surface area contributed by atoms with Crippen molar-refractivity contribution in [3.05, 3.63) is 11.9 Å². The van der Waals surface area contributed by atoms with Crippen molar-refractivity contribution >= 4 is 11.8 Å². The second kappa shape index (κ2) is 6.03. The highest BCUT2D eigenvalue weighted by Gasteiger charge is 2.14. The molecule has 0 aliphatic rings. The second-order valence-corrected chi connectivity index (χ2v) is 3.67. The molecule has 0 bridgehead atoms. The van der Waals surface area contributed by atoms with Gasteiger partial charge >= 0.3 is 5.97 Å². The Hall–Kier alpha value is -1.85. The van der Waals surface area contributed by atoms with Crippen LogP contribution < -0.4 is 10.1 Å². The van der Waals surface area contributed by atoms with E-state index in [-0.39, 0.29) is 0 Å². The van der Waals surface area contributed by atoms with E-state index < -0.39 is 11.9 Å². The van der Waals surface area contributed by atoms with E-state index in [4.69, 9.17) is 9.84 Å². The van der Waals surface area contributed by atoms with E-state index in [0.29, 0.717) is 30.5 Å². The fourth-order valence-electron chi connectivity index (χ4n) is 1.37. The Morgan fingerprint density at radius 3 is 2.82 bits per heavy atom. The molecule has 0 fully saturated rings. The Morgan fingerprint density at radius 2 is 2.29 bits per heavy atom. The van der Waals surface area contributed by atoms with Crippen molar-refractivity contribution in [2.45, 2.75) is 20.3 Å². The van der Waals surface area contributed by atoms with Gasteiger partial charge in [0.15, 0.2) is 0 Å². The molecule has 1 atom stereocenters. The lowest BCUT2D eigenvalue weighted by atomic mass is 10.1. The monoisotopic (exact) mass is 239 g/mol. The minimum atomic E-state index is -0.808. The summed E-state index contributed by atoms with van der Waals surface area (Å²) in [6, 6.07) is 1.64. The molecule has 0 aliphatic carbocycles. The van der Waals surface area contributed by atoms with Crippen LogP contribution in [0.3, 0.4) is 0 Å². The number of methoxy groups -OCH3 is 1. The average molecular weight is 239 g/mol. The first-order valence-electron chi connectivity index (χ1n) is 5.43. The third kappa shape index (κ3) is 3.90. The molecule has 0 spiro atoms. The molecule has 1 aromatic heterocycles. The van der Waals surface area contributed by atoms with E-state index in [1.54, 1.807) is 13.0 Å². The summed E-state index contributed by atoms with van der Waals surface area (Å²) in [5, 5.41) is 11.9. The van der Waals surface area contributed by atoms with Gasteiger partial charge in [-0.25, -0.2) is 4.98 Å². The van der Waals surface area contributed by atoms with E-state index >= 15 is 0 Å². The van der Waals surface area contributed by atoms with Gasteiger partial charge < -0.3 is 15.2 Å². The highest BCUT2D eigenvalue weighted by Crippen LogP contribution is 2.13. The van der Waals surface area contributed by atoms with Crippen molar-refractivity contribution in [1.29, 1.82) is 0 Å². The van der Waals surface area contributed by atoms with Gasteiger partial charge in [0.25, 0.3) is 0 Å². The first-order chi connectivity index (χ1) is 8.06. The molecule has 1 rings (SSSR count). The SMILES string of the molecule is CCC(CNc1cc(OC)nc(C)n1)C(=O)O. The maximum absolute atomic E-state index is 10.8. The lowest BCUT2D eigenvalue weighted by Gasteiger charge is -2.12. The molecule has 0 saturated carbocycles. The zero-order valence-corrected chi connectivity index (χ0v) is 10.2. The molecule has 1 aromatic rings. The lowest BCUT2D eigenvalue weighted by Crippen LogP contribution is -2.22. The Balaban J connectivity index is 2.68. The van der Waals surface area contributed by atoms with Crippen LogP contribution in [0.15, 0.2) is 6.07 Å². The minimum absolute atomic E-state index is 0.339. The molecule has 0 aromatic carbocycles. The predicted octanol–water partition coefficient (Wildman–Crippen LogP) is 1.32. The maximum atomic E-state index is 10.8. The highest BCUT2D eigenvalue weighted by molar-refractivity contribution is 5.70. The van der Waals surface area contributed by atoms with Crippen molar-refractivity contribution in [3.8, 4) is 5.88 Å². The second-order valence-electron chi connectivity index (χ2n) is 3.67. The van der Waals surface area contributed by atoms with E-state index in [2.05, 4.69) is 15.3 Å². The summed E-state index contributed by atoms with van der Waals surface area (Å²) in [7, 11) is 1.53. The van der Waals surface area contributed by atoms with Gasteiger partial charge in [0.2, 0.25) is 5.88 Å². The Kier molecular flexibility index (Phi) is 4.68. The molecular weight excluding hydrogens is 222 g/mol. The normalized spacial score (nSPS) is 11.9. The number of aryl methyl sites for hydroxylation is 1. The van der Waals surface area contributed by atoms with E-state index in [1.807, 2.05) is 6.92 Å². The summed E-state index contributed by atoms with van der Waals surface area (Å²) in [5.74, 6) is 0.390. The molecule has 6 heteroatoms. The zero-order valence-electron chi connectivity index (χ0n) is 10.2. The highest BCUT2D eigenvalue weighted by atomic mass is 16.5. The van der Waals surface area contributed by atoms with Crippen molar-refractivity contribution < 1.29 is 14.6 Å². The third-order valence-corrected chi connectivity index (χ3v) is 2.40. The molecule has 94 valence electrons. The number of hydrogen-bond acceptors (Lipinski definition) is 5. The number of hydrogen-bond donors (Lipinski definition) is 2. The summed E-state index contributed by atoms with van der Waals surface area (Å²) in [5.41, 5.74) is 0. The molecule has 1 unspecified atom stereocenters. The van der Waals surface area contributed by atoms with E-state index in [0.717, 1.165) is 0 Å². The van der Waals surface area contributed by atoms with Crippen LogP contribution >= 0.6 is 0 Å². The molecule has 0 radical (unpaired) electrons. The van der Waals surface area contributed by atoms with Gasteiger partial charge in [-0.05, 0) is 13.3 Å². The van der Waals surface area contributed by atoms with Crippen LogP contribution in [0.4, 0.5) is 5.82 Å². The molecule has 0 amide bonds. The quantitative estimate of drug-likeness (QED) is 0.778. The summed E-state index contributed by atoms with van der Waals surface area (Å²) in [6.45, 7) is 3.93. The number of rotatable bonds is 6. The summed E-state index contributed by atoms with van der Waals surface area (Å²) < 4.78 is 5.01. The van der Waals surface area contributed by atoms with Gasteiger partial charge in [0, 0.05) is 12.6 Å². The van der Waals surface area contributed by atoms with Crippen LogP contribution in [0.2, 0.25) is 0 Å². The lowest BCUT2D eigenvalue weighted by molar-refractivity contribution is -0.141. The number of nitrogens with one attached hydrogen (secondary N) is 1.